The first-order chi connectivity index (χ1) is 12.8. The Labute approximate surface area is 162 Å². The Hall–Kier alpha value is -2.06. The molecule has 0 heterocycles. The van der Waals surface area contributed by atoms with Crippen molar-refractivity contribution >= 4 is 31.4 Å². The number of anilines is 2. The summed E-state index contributed by atoms with van der Waals surface area (Å²) in [5, 5.41) is -0.968. The van der Waals surface area contributed by atoms with Crippen LogP contribution in [-0.4, -0.2) is 35.0 Å². The first-order valence-corrected chi connectivity index (χ1v) is 12.1. The summed E-state index contributed by atoms with van der Waals surface area (Å²) in [7, 11) is -8.13. The summed E-state index contributed by atoms with van der Waals surface area (Å²) in [6.07, 6.45) is 1.15. The van der Waals surface area contributed by atoms with Gasteiger partial charge >= 0.3 is 0 Å². The van der Waals surface area contributed by atoms with Gasteiger partial charge in [-0.25, -0.2) is 16.8 Å². The van der Waals surface area contributed by atoms with Crippen molar-refractivity contribution in [3.8, 4) is 0 Å². The van der Waals surface area contributed by atoms with Crippen LogP contribution < -0.4 is 8.61 Å². The first kappa shape index (κ1) is 21.2. The third-order valence-electron chi connectivity index (χ3n) is 3.91. The Balaban J connectivity index is 2.37. The van der Waals surface area contributed by atoms with E-state index in [-0.39, 0.29) is 13.1 Å². The molecule has 0 spiro atoms. The largest absolute Gasteiger partial charge is 0.269 e. The first-order valence-electron chi connectivity index (χ1n) is 8.92. The molecule has 0 aliphatic heterocycles. The molecule has 0 N–H and O–H groups in total. The second-order valence-electron chi connectivity index (χ2n) is 6.16. The molecule has 2 aromatic carbocycles. The minimum atomic E-state index is -4.06. The maximum atomic E-state index is 13.0. The Morgan fingerprint density at radius 3 is 1.26 bits per heavy atom. The van der Waals surface area contributed by atoms with E-state index in [9.17, 15) is 16.8 Å². The van der Waals surface area contributed by atoms with Crippen LogP contribution in [0.5, 0.6) is 0 Å². The summed E-state index contributed by atoms with van der Waals surface area (Å²) in [5.41, 5.74) is 0.938. The number of benzene rings is 2. The zero-order valence-corrected chi connectivity index (χ0v) is 17.3. The monoisotopic (exact) mass is 410 g/mol. The van der Waals surface area contributed by atoms with E-state index in [4.69, 9.17) is 0 Å². The molecule has 0 bridgehead atoms. The Bertz CT molecular complexity index is 837. The lowest BCUT2D eigenvalue weighted by atomic mass is 10.3. The highest BCUT2D eigenvalue weighted by molar-refractivity contribution is 8.09. The normalized spacial score (nSPS) is 11.9. The van der Waals surface area contributed by atoms with Gasteiger partial charge in [0.2, 0.25) is 0 Å². The van der Waals surface area contributed by atoms with Crippen LogP contribution in [0.25, 0.3) is 0 Å². The van der Waals surface area contributed by atoms with Crippen molar-refractivity contribution in [3.05, 3.63) is 60.7 Å². The standard InChI is InChI=1S/C19H26N2O4S2/c1-3-15-20(18-11-7-5-8-12-18)26(22,23)17-27(24,25)21(16-4-2)19-13-9-6-10-14-19/h5-14H,3-4,15-17H2,1-2H3. The van der Waals surface area contributed by atoms with Gasteiger partial charge in [-0.3, -0.25) is 8.61 Å². The van der Waals surface area contributed by atoms with Gasteiger partial charge in [-0.05, 0) is 37.1 Å². The molecule has 6 nitrogen and oxygen atoms in total. The third kappa shape index (κ3) is 5.46. The smallest absolute Gasteiger partial charge is 0.251 e. The van der Waals surface area contributed by atoms with Crippen molar-refractivity contribution in [2.75, 3.05) is 26.8 Å². The summed E-state index contributed by atoms with van der Waals surface area (Å²) >= 11 is 0. The van der Waals surface area contributed by atoms with E-state index in [2.05, 4.69) is 0 Å². The van der Waals surface area contributed by atoms with Gasteiger partial charge in [0.05, 0.1) is 11.4 Å². The minimum Gasteiger partial charge on any atom is -0.269 e. The van der Waals surface area contributed by atoms with Crippen molar-refractivity contribution in [3.63, 3.8) is 0 Å². The molecule has 0 saturated carbocycles. The lowest BCUT2D eigenvalue weighted by molar-refractivity contribution is 0.582. The molecule has 0 atom stereocenters. The minimum absolute atomic E-state index is 0.223. The fraction of sp³-hybridized carbons (Fsp3) is 0.368. The number of nitrogens with zero attached hydrogens (tertiary/aromatic N) is 2. The van der Waals surface area contributed by atoms with E-state index in [0.717, 1.165) is 0 Å². The van der Waals surface area contributed by atoms with Crippen molar-refractivity contribution < 1.29 is 16.8 Å². The fourth-order valence-corrected chi connectivity index (χ4v) is 7.10. The van der Waals surface area contributed by atoms with Crippen molar-refractivity contribution in [1.29, 1.82) is 0 Å². The van der Waals surface area contributed by atoms with E-state index in [1.165, 1.54) is 8.61 Å². The van der Waals surface area contributed by atoms with E-state index < -0.39 is 25.1 Å². The van der Waals surface area contributed by atoms with E-state index >= 15 is 0 Å². The zero-order chi connectivity index (χ0) is 19.9. The Morgan fingerprint density at radius 2 is 0.963 bits per heavy atom. The topological polar surface area (TPSA) is 74.8 Å². The molecular formula is C19H26N2O4S2. The summed E-state index contributed by atoms with van der Waals surface area (Å²) in [5.74, 6) is 0. The molecule has 2 rings (SSSR count). The second kappa shape index (κ2) is 9.23. The van der Waals surface area contributed by atoms with Crippen LogP contribution in [0.2, 0.25) is 0 Å². The molecule has 148 valence electrons. The van der Waals surface area contributed by atoms with Crippen molar-refractivity contribution in [2.24, 2.45) is 0 Å². The van der Waals surface area contributed by atoms with Gasteiger partial charge < -0.3 is 0 Å². The molecule has 8 heteroatoms. The van der Waals surface area contributed by atoms with Crippen LogP contribution >= 0.6 is 0 Å². The SMILES string of the molecule is CCCN(c1ccccc1)S(=O)(=O)CS(=O)(=O)N(CCC)c1ccccc1. The molecule has 0 fully saturated rings. The molecule has 0 amide bonds. The fourth-order valence-electron chi connectivity index (χ4n) is 2.77. The molecule has 0 aliphatic rings. The van der Waals surface area contributed by atoms with E-state index in [0.29, 0.717) is 24.2 Å². The lowest BCUT2D eigenvalue weighted by Crippen LogP contribution is -2.42. The zero-order valence-electron chi connectivity index (χ0n) is 15.7. The maximum Gasteiger partial charge on any atom is 0.251 e. The summed E-state index contributed by atoms with van der Waals surface area (Å²) < 4.78 is 54.3. The predicted molar refractivity (Wildman–Crippen MR) is 111 cm³/mol. The highest BCUT2D eigenvalue weighted by Crippen LogP contribution is 2.23. The number of hydrogen-bond donors (Lipinski definition) is 0. The Morgan fingerprint density at radius 1 is 0.630 bits per heavy atom. The maximum absolute atomic E-state index is 13.0. The molecule has 0 saturated heterocycles. The number of para-hydroxylation sites is 2. The molecule has 0 aliphatic carbocycles. The summed E-state index contributed by atoms with van der Waals surface area (Å²) in [6, 6.07) is 17.2. The van der Waals surface area contributed by atoms with Gasteiger partial charge in [-0.2, -0.15) is 0 Å². The molecular weight excluding hydrogens is 384 g/mol. The van der Waals surface area contributed by atoms with Gasteiger partial charge in [0.15, 0.2) is 5.08 Å². The summed E-state index contributed by atoms with van der Waals surface area (Å²) in [6.45, 7) is 4.16. The molecule has 0 unspecified atom stereocenters. The molecule has 0 aromatic heterocycles. The molecule has 0 radical (unpaired) electrons. The number of sulfonamides is 2. The van der Waals surface area contributed by atoms with Gasteiger partial charge in [-0.15, -0.1) is 0 Å². The Kier molecular flexibility index (Phi) is 7.26. The second-order valence-corrected chi connectivity index (χ2v) is 10.3. The van der Waals surface area contributed by atoms with Crippen LogP contribution in [0.4, 0.5) is 11.4 Å². The van der Waals surface area contributed by atoms with Crippen LogP contribution in [0.15, 0.2) is 60.7 Å². The van der Waals surface area contributed by atoms with Gasteiger partial charge in [-0.1, -0.05) is 50.2 Å². The van der Waals surface area contributed by atoms with Gasteiger partial charge in [0.1, 0.15) is 0 Å². The van der Waals surface area contributed by atoms with Crippen molar-refractivity contribution in [1.82, 2.24) is 0 Å². The van der Waals surface area contributed by atoms with Crippen molar-refractivity contribution in [2.45, 2.75) is 26.7 Å². The van der Waals surface area contributed by atoms with E-state index in [1.807, 2.05) is 13.8 Å². The lowest BCUT2D eigenvalue weighted by Gasteiger charge is -2.28. The number of rotatable bonds is 10. The molecule has 2 aromatic rings. The van der Waals surface area contributed by atoms with Crippen LogP contribution in [0.1, 0.15) is 26.7 Å². The van der Waals surface area contributed by atoms with Crippen LogP contribution in [0.3, 0.4) is 0 Å². The van der Waals surface area contributed by atoms with Crippen LogP contribution in [0, 0.1) is 0 Å². The predicted octanol–water partition coefficient (Wildman–Crippen LogP) is 3.44. The van der Waals surface area contributed by atoms with E-state index in [1.54, 1.807) is 60.7 Å². The average Bonchev–Trinajstić information content (AvgIpc) is 2.64. The van der Waals surface area contributed by atoms with Crippen LogP contribution in [-0.2, 0) is 20.0 Å². The molecule has 27 heavy (non-hydrogen) atoms. The highest BCUT2D eigenvalue weighted by Gasteiger charge is 2.32. The number of hydrogen-bond acceptors (Lipinski definition) is 4. The highest BCUT2D eigenvalue weighted by atomic mass is 32.3. The summed E-state index contributed by atoms with van der Waals surface area (Å²) in [4.78, 5) is 0. The quantitative estimate of drug-likeness (QED) is 0.601. The third-order valence-corrected chi connectivity index (χ3v) is 8.42. The van der Waals surface area contributed by atoms with Gasteiger partial charge in [0.25, 0.3) is 20.0 Å². The average molecular weight is 411 g/mol. The van der Waals surface area contributed by atoms with Gasteiger partial charge in [0, 0.05) is 13.1 Å².